The lowest BCUT2D eigenvalue weighted by Gasteiger charge is -2.28. The first-order valence-corrected chi connectivity index (χ1v) is 12.4. The summed E-state index contributed by atoms with van der Waals surface area (Å²) in [7, 11) is 0. The van der Waals surface area contributed by atoms with Gasteiger partial charge in [-0.3, -0.25) is 4.40 Å². The molecule has 0 saturated carbocycles. The van der Waals surface area contributed by atoms with E-state index in [-0.39, 0.29) is 5.69 Å². The number of carbonyl (C=O) groups is 3. The van der Waals surface area contributed by atoms with Gasteiger partial charge in [-0.05, 0) is 94.2 Å². The van der Waals surface area contributed by atoms with Gasteiger partial charge in [0.1, 0.15) is 28.2 Å². The lowest BCUT2D eigenvalue weighted by Crippen LogP contribution is -2.45. The first kappa shape index (κ1) is 30.5. The van der Waals surface area contributed by atoms with Crippen molar-refractivity contribution in [2.24, 2.45) is 0 Å². The summed E-state index contributed by atoms with van der Waals surface area (Å²) < 4.78 is 18.0. The normalized spacial score (nSPS) is 12.3. The number of rotatable bonds is 3. The van der Waals surface area contributed by atoms with Gasteiger partial charge in [0.25, 0.3) is 0 Å². The molecule has 0 spiro atoms. The highest BCUT2D eigenvalue weighted by atomic mass is 16.6. The number of carbonyl (C=O) groups excluding carboxylic acids is 3. The Hall–Kier alpha value is -3.74. The van der Waals surface area contributed by atoms with Crippen molar-refractivity contribution in [3.63, 3.8) is 0 Å². The number of ether oxygens (including phenoxy) is 3. The first-order chi connectivity index (χ1) is 17.2. The van der Waals surface area contributed by atoms with E-state index in [9.17, 15) is 14.4 Å². The molecule has 0 atom stereocenters. The molecule has 0 aromatic carbocycles. The predicted molar refractivity (Wildman–Crippen MR) is 145 cm³/mol. The van der Waals surface area contributed by atoms with Crippen LogP contribution in [0.5, 0.6) is 0 Å². The minimum absolute atomic E-state index is 0.191. The first-order valence-electron chi connectivity index (χ1n) is 12.4. The van der Waals surface area contributed by atoms with Crippen molar-refractivity contribution in [1.82, 2.24) is 14.7 Å². The number of amides is 3. The van der Waals surface area contributed by atoms with Gasteiger partial charge in [-0.15, -0.1) is 0 Å². The van der Waals surface area contributed by atoms with Crippen molar-refractivity contribution in [2.45, 2.75) is 105 Å². The van der Waals surface area contributed by atoms with Crippen molar-refractivity contribution in [2.75, 3.05) is 4.90 Å². The van der Waals surface area contributed by atoms with E-state index in [1.807, 2.05) is 13.8 Å². The van der Waals surface area contributed by atoms with E-state index in [1.54, 1.807) is 91.2 Å². The Labute approximate surface area is 225 Å². The fourth-order valence-electron chi connectivity index (χ4n) is 3.13. The van der Waals surface area contributed by atoms with E-state index in [2.05, 4.69) is 22.1 Å². The quantitative estimate of drug-likeness (QED) is 0.381. The van der Waals surface area contributed by atoms with Crippen LogP contribution in [0, 0.1) is 11.8 Å². The third-order valence-electron chi connectivity index (χ3n) is 4.49. The van der Waals surface area contributed by atoms with Crippen LogP contribution in [-0.4, -0.2) is 50.0 Å². The molecule has 0 aliphatic heterocycles. The number of nitrogens with zero attached hydrogens (tertiary/aromatic N) is 3. The summed E-state index contributed by atoms with van der Waals surface area (Å²) >= 11 is 0. The standard InChI is InChI=1S/C28H40N4O6/c1-25(2,3)36-22(33)30-28(10,11)16-12-14-19-18-29-21-20(15-13-17-31(19)21)32(23(34)37-26(4,5)6)24(35)38-27(7,8)9/h13,15,17-18H,16H2,1-11H3,(H,30,33). The molecule has 0 bridgehead atoms. The fourth-order valence-corrected chi connectivity index (χ4v) is 3.13. The summed E-state index contributed by atoms with van der Waals surface area (Å²) in [5.74, 6) is 6.12. The van der Waals surface area contributed by atoms with E-state index in [0.29, 0.717) is 17.8 Å². The number of hydrogen-bond donors (Lipinski definition) is 1. The van der Waals surface area contributed by atoms with Crippen LogP contribution in [0.15, 0.2) is 24.5 Å². The number of imide groups is 1. The number of aromatic nitrogens is 2. The third-order valence-corrected chi connectivity index (χ3v) is 4.49. The zero-order valence-electron chi connectivity index (χ0n) is 24.3. The molecule has 2 aromatic rings. The zero-order chi connectivity index (χ0) is 29.1. The Morgan fingerprint density at radius 2 is 1.42 bits per heavy atom. The summed E-state index contributed by atoms with van der Waals surface area (Å²) in [6.45, 7) is 19.3. The van der Waals surface area contributed by atoms with E-state index < -0.39 is 40.6 Å². The van der Waals surface area contributed by atoms with E-state index in [1.165, 1.54) is 0 Å². The molecule has 10 heteroatoms. The molecule has 0 aliphatic rings. The molecule has 10 nitrogen and oxygen atoms in total. The summed E-state index contributed by atoms with van der Waals surface area (Å²) in [6, 6.07) is 3.26. The molecule has 2 heterocycles. The highest BCUT2D eigenvalue weighted by molar-refractivity contribution is 6.11. The van der Waals surface area contributed by atoms with Crippen LogP contribution < -0.4 is 10.2 Å². The number of imidazole rings is 1. The molecule has 0 fully saturated rings. The Morgan fingerprint density at radius 3 is 1.92 bits per heavy atom. The number of alkyl carbamates (subject to hydrolysis) is 1. The van der Waals surface area contributed by atoms with E-state index in [0.717, 1.165) is 4.90 Å². The molecule has 2 rings (SSSR count). The van der Waals surface area contributed by atoms with Crippen LogP contribution in [0.1, 0.15) is 88.3 Å². The van der Waals surface area contributed by atoms with Crippen LogP contribution in [0.4, 0.5) is 20.1 Å². The van der Waals surface area contributed by atoms with Crippen LogP contribution in [0.25, 0.3) is 5.65 Å². The number of hydrogen-bond acceptors (Lipinski definition) is 7. The predicted octanol–water partition coefficient (Wildman–Crippen LogP) is 6.06. The van der Waals surface area contributed by atoms with Crippen molar-refractivity contribution in [1.29, 1.82) is 0 Å². The van der Waals surface area contributed by atoms with Gasteiger partial charge >= 0.3 is 18.3 Å². The van der Waals surface area contributed by atoms with Crippen LogP contribution >= 0.6 is 0 Å². The molecule has 208 valence electrons. The maximum Gasteiger partial charge on any atom is 0.424 e. The van der Waals surface area contributed by atoms with E-state index >= 15 is 0 Å². The Kier molecular flexibility index (Phi) is 8.77. The van der Waals surface area contributed by atoms with Gasteiger partial charge in [-0.2, -0.15) is 4.90 Å². The Morgan fingerprint density at radius 1 is 0.895 bits per heavy atom. The molecular weight excluding hydrogens is 488 g/mol. The van der Waals surface area contributed by atoms with Crippen LogP contribution in [0.2, 0.25) is 0 Å². The lowest BCUT2D eigenvalue weighted by atomic mass is 10.0. The minimum Gasteiger partial charge on any atom is -0.444 e. The fraction of sp³-hybridized carbons (Fsp3) is 0.571. The van der Waals surface area contributed by atoms with Gasteiger partial charge in [0.05, 0.1) is 6.20 Å². The summed E-state index contributed by atoms with van der Waals surface area (Å²) in [6.07, 6.45) is 1.32. The molecule has 1 N–H and O–H groups in total. The highest BCUT2D eigenvalue weighted by Gasteiger charge is 2.34. The van der Waals surface area contributed by atoms with Crippen molar-refractivity contribution < 1.29 is 28.6 Å². The summed E-state index contributed by atoms with van der Waals surface area (Å²) in [4.78, 5) is 43.6. The van der Waals surface area contributed by atoms with Gasteiger partial charge in [0, 0.05) is 18.2 Å². The maximum absolute atomic E-state index is 13.1. The lowest BCUT2D eigenvalue weighted by molar-refractivity contribution is 0.0425. The molecule has 0 aliphatic carbocycles. The molecule has 38 heavy (non-hydrogen) atoms. The smallest absolute Gasteiger partial charge is 0.424 e. The molecule has 0 unspecified atom stereocenters. The largest absolute Gasteiger partial charge is 0.444 e. The molecule has 3 amide bonds. The van der Waals surface area contributed by atoms with Gasteiger partial charge < -0.3 is 19.5 Å². The number of anilines is 1. The molecule has 2 aromatic heterocycles. The minimum atomic E-state index is -0.884. The number of nitrogens with one attached hydrogen (secondary N) is 1. The van der Waals surface area contributed by atoms with Gasteiger partial charge in [0.15, 0.2) is 5.65 Å². The Balaban J connectivity index is 2.38. The SMILES string of the molecule is CC(C)(CC#Cc1cnc2c(N(C(=O)OC(C)(C)C)C(=O)OC(C)(C)C)cccn12)NC(=O)OC(C)(C)C. The zero-order valence-corrected chi connectivity index (χ0v) is 24.3. The Bertz CT molecular complexity index is 1220. The summed E-state index contributed by atoms with van der Waals surface area (Å²) in [5.41, 5.74) is -1.89. The second kappa shape index (κ2) is 10.9. The average Bonchev–Trinajstić information content (AvgIpc) is 3.07. The number of fused-ring (bicyclic) bond motifs is 1. The van der Waals surface area contributed by atoms with Crippen molar-refractivity contribution in [3.05, 3.63) is 30.2 Å². The maximum atomic E-state index is 13.1. The van der Waals surface area contributed by atoms with E-state index in [4.69, 9.17) is 14.2 Å². The topological polar surface area (TPSA) is 111 Å². The average molecular weight is 529 g/mol. The summed E-state index contributed by atoms with van der Waals surface area (Å²) in [5, 5.41) is 2.82. The monoisotopic (exact) mass is 528 g/mol. The van der Waals surface area contributed by atoms with Gasteiger partial charge in [0.2, 0.25) is 0 Å². The molecule has 0 saturated heterocycles. The van der Waals surface area contributed by atoms with Crippen molar-refractivity contribution >= 4 is 29.6 Å². The molecule has 0 radical (unpaired) electrons. The second-order valence-corrected chi connectivity index (χ2v) is 12.5. The van der Waals surface area contributed by atoms with Crippen LogP contribution in [-0.2, 0) is 14.2 Å². The van der Waals surface area contributed by atoms with Gasteiger partial charge in [-0.25, -0.2) is 19.4 Å². The third kappa shape index (κ3) is 9.29. The van der Waals surface area contributed by atoms with Gasteiger partial charge in [-0.1, -0.05) is 5.92 Å². The second-order valence-electron chi connectivity index (χ2n) is 12.5. The van der Waals surface area contributed by atoms with Crippen LogP contribution in [0.3, 0.4) is 0 Å². The molecular formula is C28H40N4O6. The van der Waals surface area contributed by atoms with Crippen molar-refractivity contribution in [3.8, 4) is 11.8 Å². The number of pyridine rings is 1. The highest BCUT2D eigenvalue weighted by Crippen LogP contribution is 2.26.